The fraction of sp³-hybridized carbons (Fsp3) is 0.750. The molecule has 2 aliphatic rings. The molecule has 0 aromatic heterocycles. The van der Waals surface area contributed by atoms with Gasteiger partial charge in [0.1, 0.15) is 0 Å². The van der Waals surface area contributed by atoms with Crippen LogP contribution in [0.25, 0.3) is 0 Å². The number of hydrogen-bond donors (Lipinski definition) is 1. The van der Waals surface area contributed by atoms with E-state index < -0.39 is 23.5 Å². The van der Waals surface area contributed by atoms with Gasteiger partial charge in [0, 0.05) is 13.0 Å². The van der Waals surface area contributed by atoms with Crippen LogP contribution >= 0.6 is 0 Å². The van der Waals surface area contributed by atoms with Gasteiger partial charge in [-0.15, -0.1) is 0 Å². The van der Waals surface area contributed by atoms with Crippen molar-refractivity contribution in [1.82, 2.24) is 0 Å². The lowest BCUT2D eigenvalue weighted by Crippen LogP contribution is -2.42. The number of ether oxygens (including phenoxy) is 4. The maximum Gasteiger partial charge on any atom is 0.337 e. The second-order valence-electron chi connectivity index (χ2n) is 4.70. The number of methoxy groups -OCH3 is 2. The zero-order valence-corrected chi connectivity index (χ0v) is 10.9. The first-order valence-electron chi connectivity index (χ1n) is 5.79. The van der Waals surface area contributed by atoms with Crippen LogP contribution in [0.5, 0.6) is 0 Å². The summed E-state index contributed by atoms with van der Waals surface area (Å²) in [6.45, 7) is 3.42. The monoisotopic (exact) mass is 258 g/mol. The molecular weight excluding hydrogens is 240 g/mol. The average Bonchev–Trinajstić information content (AvgIpc) is 2.76. The molecule has 0 amide bonds. The van der Waals surface area contributed by atoms with Gasteiger partial charge in [-0.2, -0.15) is 0 Å². The highest BCUT2D eigenvalue weighted by atomic mass is 16.8. The zero-order chi connectivity index (χ0) is 13.6. The first kappa shape index (κ1) is 13.3. The highest BCUT2D eigenvalue weighted by Gasteiger charge is 2.66. The largest absolute Gasteiger partial charge is 0.494 e. The van der Waals surface area contributed by atoms with Crippen molar-refractivity contribution >= 4 is 5.97 Å². The van der Waals surface area contributed by atoms with E-state index in [0.29, 0.717) is 0 Å². The lowest BCUT2D eigenvalue weighted by Gasteiger charge is -2.30. The molecule has 6 heteroatoms. The number of aliphatic hydroxyl groups is 1. The third-order valence-corrected chi connectivity index (χ3v) is 3.94. The third kappa shape index (κ3) is 1.56. The Morgan fingerprint density at radius 3 is 2.67 bits per heavy atom. The molecule has 1 spiro atoms. The molecule has 1 saturated heterocycles. The molecular formula is C12H18O6. The van der Waals surface area contributed by atoms with Gasteiger partial charge in [-0.3, -0.25) is 0 Å². The fourth-order valence-electron chi connectivity index (χ4n) is 2.64. The molecule has 18 heavy (non-hydrogen) atoms. The van der Waals surface area contributed by atoms with Crippen molar-refractivity contribution in [3.8, 4) is 0 Å². The SMILES string of the molecule is COC1=CC(=O)O[C@]12O[C@@](C)(OC)[C@@H](C)[C@@H]2CO. The molecule has 1 N–H and O–H groups in total. The number of esters is 1. The predicted octanol–water partition coefficient (Wildman–Crippen LogP) is 0.407. The van der Waals surface area contributed by atoms with Crippen LogP contribution in [0, 0.1) is 11.8 Å². The molecule has 0 unspecified atom stereocenters. The van der Waals surface area contributed by atoms with Gasteiger partial charge in [0.25, 0.3) is 5.79 Å². The molecule has 2 aliphatic heterocycles. The summed E-state index contributed by atoms with van der Waals surface area (Å²) in [5.74, 6) is -3.23. The lowest BCUT2D eigenvalue weighted by atomic mass is 9.85. The summed E-state index contributed by atoms with van der Waals surface area (Å²) in [7, 11) is 2.94. The second kappa shape index (κ2) is 4.22. The van der Waals surface area contributed by atoms with Crippen molar-refractivity contribution in [2.24, 2.45) is 11.8 Å². The summed E-state index contributed by atoms with van der Waals surface area (Å²) in [6.07, 6.45) is 1.23. The quantitative estimate of drug-likeness (QED) is 0.739. The average molecular weight is 258 g/mol. The van der Waals surface area contributed by atoms with E-state index >= 15 is 0 Å². The van der Waals surface area contributed by atoms with E-state index in [2.05, 4.69) is 0 Å². The maximum absolute atomic E-state index is 11.5. The van der Waals surface area contributed by atoms with Crippen LogP contribution in [0.1, 0.15) is 13.8 Å². The van der Waals surface area contributed by atoms with Gasteiger partial charge >= 0.3 is 5.97 Å². The van der Waals surface area contributed by atoms with E-state index in [1.54, 1.807) is 6.92 Å². The number of carbonyl (C=O) groups is 1. The number of hydrogen-bond acceptors (Lipinski definition) is 6. The minimum absolute atomic E-state index is 0.169. The Labute approximate surface area is 105 Å². The standard InChI is InChI=1S/C12H18O6/c1-7-8(6-13)12(18-11(7,2)16-4)9(15-3)5-10(14)17-12/h5,7-8,13H,6H2,1-4H3/t7-,8-,11+,12+/m0/s1. The van der Waals surface area contributed by atoms with Gasteiger partial charge in [0.05, 0.1) is 25.7 Å². The van der Waals surface area contributed by atoms with E-state index in [4.69, 9.17) is 18.9 Å². The van der Waals surface area contributed by atoms with Crippen molar-refractivity contribution < 1.29 is 28.8 Å². The van der Waals surface area contributed by atoms with Crippen LogP contribution in [-0.2, 0) is 23.7 Å². The smallest absolute Gasteiger partial charge is 0.337 e. The van der Waals surface area contributed by atoms with Crippen LogP contribution in [0.15, 0.2) is 11.8 Å². The lowest BCUT2D eigenvalue weighted by molar-refractivity contribution is -0.295. The molecule has 0 bridgehead atoms. The van der Waals surface area contributed by atoms with Crippen LogP contribution in [0.2, 0.25) is 0 Å². The summed E-state index contributed by atoms with van der Waals surface area (Å²) >= 11 is 0. The summed E-state index contributed by atoms with van der Waals surface area (Å²) < 4.78 is 21.6. The first-order chi connectivity index (χ1) is 8.43. The van der Waals surface area contributed by atoms with Gasteiger partial charge in [-0.1, -0.05) is 6.92 Å². The molecule has 6 nitrogen and oxygen atoms in total. The van der Waals surface area contributed by atoms with Gasteiger partial charge in [0.15, 0.2) is 11.5 Å². The molecule has 2 heterocycles. The Morgan fingerprint density at radius 2 is 2.17 bits per heavy atom. The van der Waals surface area contributed by atoms with E-state index in [1.165, 1.54) is 20.3 Å². The summed E-state index contributed by atoms with van der Waals surface area (Å²) in [5.41, 5.74) is 0. The summed E-state index contributed by atoms with van der Waals surface area (Å²) in [4.78, 5) is 11.5. The molecule has 1 fully saturated rings. The highest BCUT2D eigenvalue weighted by molar-refractivity contribution is 5.86. The Bertz CT molecular complexity index is 392. The van der Waals surface area contributed by atoms with Crippen LogP contribution in [0.3, 0.4) is 0 Å². The van der Waals surface area contributed by atoms with Crippen LogP contribution < -0.4 is 0 Å². The van der Waals surface area contributed by atoms with Crippen molar-refractivity contribution in [3.63, 3.8) is 0 Å². The normalized spacial score (nSPS) is 43.2. The molecule has 102 valence electrons. The minimum atomic E-state index is -1.38. The van der Waals surface area contributed by atoms with E-state index in [0.717, 1.165) is 0 Å². The van der Waals surface area contributed by atoms with E-state index in [9.17, 15) is 9.90 Å². The second-order valence-corrected chi connectivity index (χ2v) is 4.70. The summed E-state index contributed by atoms with van der Waals surface area (Å²) in [5, 5.41) is 9.58. The number of aliphatic hydroxyl groups excluding tert-OH is 1. The Morgan fingerprint density at radius 1 is 1.50 bits per heavy atom. The van der Waals surface area contributed by atoms with Gasteiger partial charge in [0.2, 0.25) is 0 Å². The van der Waals surface area contributed by atoms with Crippen LogP contribution in [-0.4, -0.2) is 43.5 Å². The fourth-order valence-corrected chi connectivity index (χ4v) is 2.64. The van der Waals surface area contributed by atoms with Gasteiger partial charge in [-0.05, 0) is 6.92 Å². The molecule has 0 aliphatic carbocycles. The molecule has 2 rings (SSSR count). The molecule has 0 saturated carbocycles. The van der Waals surface area contributed by atoms with Crippen molar-refractivity contribution in [3.05, 3.63) is 11.8 Å². The van der Waals surface area contributed by atoms with Crippen molar-refractivity contribution in [2.75, 3.05) is 20.8 Å². The zero-order valence-electron chi connectivity index (χ0n) is 10.9. The Hall–Kier alpha value is -1.11. The van der Waals surface area contributed by atoms with E-state index in [1.807, 2.05) is 6.92 Å². The minimum Gasteiger partial charge on any atom is -0.494 e. The maximum atomic E-state index is 11.5. The molecule has 0 aromatic carbocycles. The number of carbonyl (C=O) groups excluding carboxylic acids is 1. The van der Waals surface area contributed by atoms with E-state index in [-0.39, 0.29) is 18.3 Å². The third-order valence-electron chi connectivity index (χ3n) is 3.94. The molecule has 0 radical (unpaired) electrons. The predicted molar refractivity (Wildman–Crippen MR) is 60.2 cm³/mol. The highest BCUT2D eigenvalue weighted by Crippen LogP contribution is 2.52. The topological polar surface area (TPSA) is 74.2 Å². The first-order valence-corrected chi connectivity index (χ1v) is 5.79. The molecule has 0 aromatic rings. The van der Waals surface area contributed by atoms with Crippen LogP contribution in [0.4, 0.5) is 0 Å². The summed E-state index contributed by atoms with van der Waals surface area (Å²) in [6, 6.07) is 0. The van der Waals surface area contributed by atoms with Gasteiger partial charge in [-0.25, -0.2) is 4.79 Å². The Balaban J connectivity index is 2.45. The molecule has 4 atom stereocenters. The number of rotatable bonds is 3. The van der Waals surface area contributed by atoms with Crippen molar-refractivity contribution in [2.45, 2.75) is 25.4 Å². The van der Waals surface area contributed by atoms with Crippen molar-refractivity contribution in [1.29, 1.82) is 0 Å². The Kier molecular flexibility index (Phi) is 3.12. The van der Waals surface area contributed by atoms with Gasteiger partial charge < -0.3 is 24.1 Å².